The third-order valence-electron chi connectivity index (χ3n) is 3.84. The van der Waals surface area contributed by atoms with E-state index < -0.39 is 18.4 Å². The summed E-state index contributed by atoms with van der Waals surface area (Å²) in [6, 6.07) is 0. The maximum atomic E-state index is 10.3. The Balaban J connectivity index is 4.79. The fourth-order valence-corrected chi connectivity index (χ4v) is 16.7. The molecule has 0 heterocycles. The summed E-state index contributed by atoms with van der Waals surface area (Å²) in [5.41, 5.74) is 0. The summed E-state index contributed by atoms with van der Waals surface area (Å²) in [7, 11) is 0. The molecule has 0 aromatic carbocycles. The van der Waals surface area contributed by atoms with Gasteiger partial charge in [0.15, 0.2) is 0 Å². The topological polar surface area (TPSA) is 17.1 Å². The summed E-state index contributed by atoms with van der Waals surface area (Å²) < 4.78 is 7.07. The Labute approximate surface area is 124 Å². The molecule has 0 aliphatic heterocycles. The van der Waals surface area contributed by atoms with Crippen LogP contribution >= 0.6 is 0 Å². The maximum absolute atomic E-state index is 10.3. The molecule has 0 saturated carbocycles. The molecule has 110 valence electrons. The van der Waals surface area contributed by atoms with Crippen molar-refractivity contribution in [1.29, 1.82) is 0 Å². The second-order valence-electron chi connectivity index (χ2n) is 5.55. The zero-order valence-corrected chi connectivity index (χ0v) is 16.0. The molecule has 0 atom stereocenters. The Morgan fingerprint density at radius 2 is 1.21 bits per heavy atom. The molecule has 0 radical (unpaired) electrons. The van der Waals surface area contributed by atoms with Gasteiger partial charge < -0.3 is 0 Å². The van der Waals surface area contributed by atoms with Crippen LogP contribution < -0.4 is 0 Å². The van der Waals surface area contributed by atoms with Crippen molar-refractivity contribution in [3.05, 3.63) is 22.3 Å². The molecule has 0 spiro atoms. The number of carbonyl (C=O) groups excluding carboxylic acids is 1. The van der Waals surface area contributed by atoms with Gasteiger partial charge in [0, 0.05) is 0 Å². The van der Waals surface area contributed by atoms with Crippen LogP contribution in [0.25, 0.3) is 0 Å². The second kappa shape index (κ2) is 13.0. The number of hydrogen-bond acceptors (Lipinski definition) is 1. The van der Waals surface area contributed by atoms with E-state index in [4.69, 9.17) is 0 Å². The fraction of sp³-hybridized carbons (Fsp3) is 0.706. The predicted molar refractivity (Wildman–Crippen MR) is 89.2 cm³/mol. The van der Waals surface area contributed by atoms with E-state index in [-0.39, 0.29) is 0 Å². The van der Waals surface area contributed by atoms with E-state index in [1.54, 1.807) is 6.08 Å². The third-order valence-corrected chi connectivity index (χ3v) is 18.0. The van der Waals surface area contributed by atoms with Gasteiger partial charge in [-0.25, -0.2) is 0 Å². The van der Waals surface area contributed by atoms with Gasteiger partial charge in [0.2, 0.25) is 0 Å². The number of unbranched alkanes of at least 4 members (excludes halogenated alkanes) is 3. The Bertz CT molecular complexity index is 247. The van der Waals surface area contributed by atoms with Gasteiger partial charge >= 0.3 is 124 Å². The molecular formula is C17H32OSn. The van der Waals surface area contributed by atoms with Crippen molar-refractivity contribution in [2.24, 2.45) is 0 Å². The molecule has 0 rings (SSSR count). The summed E-state index contributed by atoms with van der Waals surface area (Å²) in [6.07, 6.45) is 14.7. The molecule has 0 aliphatic rings. The van der Waals surface area contributed by atoms with E-state index in [2.05, 4.69) is 30.9 Å². The standard InChI is InChI=1S/C5H5O.3C4H9.Sn/c1-2-3-4-5-6;3*1-3-4-2;/h1-5H;3*1,3-4H2,2H3;/b2-1?,4-3+;;;;/i4+1;;;;. The zero-order valence-electron chi connectivity index (χ0n) is 13.2. The van der Waals surface area contributed by atoms with Gasteiger partial charge in [-0.2, -0.15) is 0 Å². The average molecular weight is 372 g/mol. The van der Waals surface area contributed by atoms with Crippen LogP contribution in [0.3, 0.4) is 0 Å². The van der Waals surface area contributed by atoms with Crippen LogP contribution in [0.1, 0.15) is 59.3 Å². The molecule has 2 heteroatoms. The zero-order chi connectivity index (χ0) is 14.4. The van der Waals surface area contributed by atoms with Gasteiger partial charge in [-0.05, 0) is 0 Å². The van der Waals surface area contributed by atoms with Crippen molar-refractivity contribution in [1.82, 2.24) is 0 Å². The first-order chi connectivity index (χ1) is 9.24. The van der Waals surface area contributed by atoms with Crippen LogP contribution in [0.5, 0.6) is 0 Å². The van der Waals surface area contributed by atoms with E-state index in [0.29, 0.717) is 0 Å². The molecule has 0 aliphatic carbocycles. The molecule has 0 saturated heterocycles. The fourth-order valence-electron chi connectivity index (χ4n) is 2.58. The van der Waals surface area contributed by atoms with Crippen molar-refractivity contribution in [2.45, 2.75) is 72.6 Å². The summed E-state index contributed by atoms with van der Waals surface area (Å²) in [6.45, 7) is 6.89. The number of allylic oxidation sites excluding steroid dienone is 3. The van der Waals surface area contributed by atoms with Gasteiger partial charge in [-0.15, -0.1) is 0 Å². The van der Waals surface area contributed by atoms with Gasteiger partial charge in [0.05, 0.1) is 0 Å². The molecule has 19 heavy (non-hydrogen) atoms. The first-order valence-electron chi connectivity index (χ1n) is 8.04. The van der Waals surface area contributed by atoms with Crippen molar-refractivity contribution in [3.63, 3.8) is 0 Å². The van der Waals surface area contributed by atoms with Gasteiger partial charge in [-0.3, -0.25) is 0 Å². The molecule has 0 fully saturated rings. The minimum atomic E-state index is -2.08. The Morgan fingerprint density at radius 3 is 1.58 bits per heavy atom. The van der Waals surface area contributed by atoms with E-state index in [9.17, 15) is 4.79 Å². The van der Waals surface area contributed by atoms with Crippen molar-refractivity contribution >= 4 is 24.7 Å². The van der Waals surface area contributed by atoms with E-state index >= 15 is 0 Å². The van der Waals surface area contributed by atoms with Gasteiger partial charge in [0.25, 0.3) is 0 Å². The van der Waals surface area contributed by atoms with Crippen molar-refractivity contribution < 1.29 is 4.79 Å². The van der Waals surface area contributed by atoms with Gasteiger partial charge in [-0.1, -0.05) is 0 Å². The van der Waals surface area contributed by atoms with E-state index in [1.165, 1.54) is 51.8 Å². The minimum absolute atomic E-state index is 0.867. The Kier molecular flexibility index (Phi) is 12.9. The average Bonchev–Trinajstić information content (AvgIpc) is 2.44. The van der Waals surface area contributed by atoms with Crippen LogP contribution in [-0.4, -0.2) is 24.7 Å². The molecule has 0 amide bonds. The van der Waals surface area contributed by atoms with Crippen LogP contribution in [-0.2, 0) is 4.79 Å². The number of aldehydes is 1. The summed E-state index contributed by atoms with van der Waals surface area (Å²) in [5, 5.41) is 0. The quantitative estimate of drug-likeness (QED) is 0.142. The second-order valence-corrected chi connectivity index (χ2v) is 18.6. The van der Waals surface area contributed by atoms with E-state index in [0.717, 1.165) is 6.29 Å². The van der Waals surface area contributed by atoms with Crippen molar-refractivity contribution in [2.75, 3.05) is 0 Å². The van der Waals surface area contributed by atoms with Crippen LogP contribution in [0, 0.1) is 0 Å². The summed E-state index contributed by atoms with van der Waals surface area (Å²) >= 11 is -2.08. The predicted octanol–water partition coefficient (Wildman–Crippen LogP) is 5.69. The summed E-state index contributed by atoms with van der Waals surface area (Å²) in [5.74, 6) is 0. The number of carbonyl (C=O) groups is 1. The third kappa shape index (κ3) is 9.48. The van der Waals surface area contributed by atoms with Crippen LogP contribution in [0.2, 0.25) is 13.3 Å². The molecule has 0 aromatic heterocycles. The SMILES string of the molecule is CCC[CH2][Sn](/[CH]=C/C=[13CH]/C=O)([CH2]CCC)[CH2]CCC. The van der Waals surface area contributed by atoms with E-state index in [1.807, 2.05) is 6.08 Å². The van der Waals surface area contributed by atoms with Gasteiger partial charge in [0.1, 0.15) is 0 Å². The normalized spacial score (nSPS) is 12.6. The molecule has 1 nitrogen and oxygen atoms in total. The Hall–Kier alpha value is -0.0513. The number of rotatable bonds is 12. The molecule has 0 N–H and O–H groups in total. The molecule has 0 unspecified atom stereocenters. The molecule has 0 bridgehead atoms. The van der Waals surface area contributed by atoms with Crippen LogP contribution in [0.4, 0.5) is 0 Å². The number of hydrogen-bond donors (Lipinski definition) is 0. The Morgan fingerprint density at radius 1 is 0.737 bits per heavy atom. The first kappa shape index (κ1) is 18.9. The molecular weight excluding hydrogens is 340 g/mol. The summed E-state index contributed by atoms with van der Waals surface area (Å²) in [4.78, 5) is 10.3. The van der Waals surface area contributed by atoms with Crippen molar-refractivity contribution in [3.8, 4) is 0 Å². The first-order valence-corrected chi connectivity index (χ1v) is 15.7. The van der Waals surface area contributed by atoms with Crippen LogP contribution in [0.15, 0.2) is 22.3 Å². The monoisotopic (exact) mass is 373 g/mol. The molecule has 0 aromatic rings.